The molecule has 2 rings (SSSR count). The Morgan fingerprint density at radius 3 is 2.26 bits per heavy atom. The summed E-state index contributed by atoms with van der Waals surface area (Å²) in [6.07, 6.45) is 7.70. The molecule has 1 saturated heterocycles. The number of likely N-dealkylation sites (tertiary alicyclic amines) is 1. The molecule has 1 atom stereocenters. The fraction of sp³-hybridized carbons (Fsp3) is 0.867. The molecule has 0 aromatic heterocycles. The van der Waals surface area contributed by atoms with Crippen molar-refractivity contribution in [1.29, 1.82) is 0 Å². The molecule has 4 nitrogen and oxygen atoms in total. The topological polar surface area (TPSA) is 57.6 Å². The highest BCUT2D eigenvalue weighted by molar-refractivity contribution is 5.85. The van der Waals surface area contributed by atoms with Crippen molar-refractivity contribution in [3.63, 3.8) is 0 Å². The highest BCUT2D eigenvalue weighted by Gasteiger charge is 2.42. The largest absolute Gasteiger partial charge is 0.481 e. The number of hydrogen-bond donors (Lipinski definition) is 1. The quantitative estimate of drug-likeness (QED) is 0.800. The van der Waals surface area contributed by atoms with Gasteiger partial charge in [-0.15, -0.1) is 0 Å². The Kier molecular flexibility index (Phi) is 4.48. The molecule has 2 aliphatic rings. The lowest BCUT2D eigenvalue weighted by molar-refractivity contribution is -0.155. The summed E-state index contributed by atoms with van der Waals surface area (Å²) in [5.74, 6) is -0.719. The lowest BCUT2D eigenvalue weighted by Gasteiger charge is -2.31. The number of nitrogens with zero attached hydrogens (tertiary/aromatic N) is 1. The van der Waals surface area contributed by atoms with Crippen molar-refractivity contribution in [2.45, 2.75) is 70.8 Å². The van der Waals surface area contributed by atoms with E-state index in [9.17, 15) is 14.7 Å². The average Bonchev–Trinajstić information content (AvgIpc) is 2.64. The van der Waals surface area contributed by atoms with Crippen molar-refractivity contribution in [3.05, 3.63) is 0 Å². The van der Waals surface area contributed by atoms with E-state index in [2.05, 4.69) is 6.92 Å². The van der Waals surface area contributed by atoms with E-state index in [-0.39, 0.29) is 18.4 Å². The van der Waals surface area contributed by atoms with Crippen molar-refractivity contribution in [2.24, 2.45) is 5.41 Å². The molecule has 4 heteroatoms. The summed E-state index contributed by atoms with van der Waals surface area (Å²) in [5.41, 5.74) is -0.796. The first kappa shape index (κ1) is 14.4. The lowest BCUT2D eigenvalue weighted by Crippen LogP contribution is -2.41. The van der Waals surface area contributed by atoms with Gasteiger partial charge in [-0.2, -0.15) is 0 Å². The Labute approximate surface area is 115 Å². The molecule has 0 spiro atoms. The molecule has 1 unspecified atom stereocenters. The molecule has 1 aliphatic carbocycles. The second-order valence-electron chi connectivity index (χ2n) is 6.25. The lowest BCUT2D eigenvalue weighted by atomic mass is 9.77. The van der Waals surface area contributed by atoms with E-state index < -0.39 is 11.4 Å². The number of amides is 1. The van der Waals surface area contributed by atoms with Crippen LogP contribution in [0.3, 0.4) is 0 Å². The maximum Gasteiger partial charge on any atom is 0.310 e. The minimum absolute atomic E-state index is 0.0503. The zero-order chi connectivity index (χ0) is 13.9. The van der Waals surface area contributed by atoms with Crippen LogP contribution in [0.1, 0.15) is 64.7 Å². The minimum atomic E-state index is -0.796. The second-order valence-corrected chi connectivity index (χ2v) is 6.25. The zero-order valence-corrected chi connectivity index (χ0v) is 11.9. The van der Waals surface area contributed by atoms with E-state index in [4.69, 9.17) is 0 Å². The first-order valence-electron chi connectivity index (χ1n) is 7.58. The van der Waals surface area contributed by atoms with E-state index >= 15 is 0 Å². The van der Waals surface area contributed by atoms with Crippen LogP contribution in [0.25, 0.3) is 0 Å². The van der Waals surface area contributed by atoms with E-state index in [1.807, 2.05) is 4.90 Å². The monoisotopic (exact) mass is 267 g/mol. The molecule has 1 heterocycles. The van der Waals surface area contributed by atoms with Crippen LogP contribution >= 0.6 is 0 Å². The molecule has 0 bridgehead atoms. The van der Waals surface area contributed by atoms with Gasteiger partial charge >= 0.3 is 5.97 Å². The van der Waals surface area contributed by atoms with E-state index in [1.165, 1.54) is 0 Å². The van der Waals surface area contributed by atoms with Gasteiger partial charge in [0, 0.05) is 19.0 Å². The summed E-state index contributed by atoms with van der Waals surface area (Å²) in [4.78, 5) is 26.0. The Bertz CT molecular complexity index is 345. The molecule has 1 saturated carbocycles. The van der Waals surface area contributed by atoms with Crippen LogP contribution in [0.2, 0.25) is 0 Å². The molecular formula is C15H25NO3. The Morgan fingerprint density at radius 1 is 1.16 bits per heavy atom. The van der Waals surface area contributed by atoms with Crippen molar-refractivity contribution >= 4 is 11.9 Å². The fourth-order valence-electron chi connectivity index (χ4n) is 3.57. The summed E-state index contributed by atoms with van der Waals surface area (Å²) in [6.45, 7) is 2.86. The number of carbonyl (C=O) groups is 2. The molecule has 0 aromatic rings. The first-order chi connectivity index (χ1) is 9.05. The van der Waals surface area contributed by atoms with Gasteiger partial charge in [-0.3, -0.25) is 9.59 Å². The van der Waals surface area contributed by atoms with Crippen molar-refractivity contribution in [3.8, 4) is 0 Å². The smallest absolute Gasteiger partial charge is 0.310 e. The van der Waals surface area contributed by atoms with Crippen molar-refractivity contribution < 1.29 is 14.7 Å². The molecule has 1 aliphatic heterocycles. The van der Waals surface area contributed by atoms with Crippen LogP contribution in [-0.2, 0) is 9.59 Å². The number of carboxylic acid groups (broad SMARTS) is 1. The van der Waals surface area contributed by atoms with Crippen LogP contribution in [-0.4, -0.2) is 34.5 Å². The Balaban J connectivity index is 2.07. The molecule has 0 aromatic carbocycles. The highest BCUT2D eigenvalue weighted by atomic mass is 16.4. The predicted molar refractivity (Wildman–Crippen MR) is 72.8 cm³/mol. The molecule has 1 N–H and O–H groups in total. The van der Waals surface area contributed by atoms with E-state index in [0.29, 0.717) is 12.8 Å². The molecule has 19 heavy (non-hydrogen) atoms. The number of carboxylic acids is 1. The summed E-state index contributed by atoms with van der Waals surface area (Å²) >= 11 is 0. The van der Waals surface area contributed by atoms with Crippen LogP contribution in [0.15, 0.2) is 0 Å². The zero-order valence-electron chi connectivity index (χ0n) is 11.9. The predicted octanol–water partition coefficient (Wildman–Crippen LogP) is 2.81. The van der Waals surface area contributed by atoms with Gasteiger partial charge in [0.2, 0.25) is 5.91 Å². The van der Waals surface area contributed by atoms with E-state index in [1.54, 1.807) is 0 Å². The number of rotatable bonds is 3. The van der Waals surface area contributed by atoms with Gasteiger partial charge in [0.25, 0.3) is 0 Å². The molecule has 0 radical (unpaired) electrons. The number of carbonyl (C=O) groups excluding carboxylic acids is 1. The summed E-state index contributed by atoms with van der Waals surface area (Å²) in [7, 11) is 0. The van der Waals surface area contributed by atoms with Crippen LogP contribution in [0, 0.1) is 5.41 Å². The van der Waals surface area contributed by atoms with Gasteiger partial charge < -0.3 is 10.0 Å². The van der Waals surface area contributed by atoms with Gasteiger partial charge in [-0.1, -0.05) is 25.7 Å². The summed E-state index contributed by atoms with van der Waals surface area (Å²) < 4.78 is 0. The normalized spacial score (nSPS) is 27.0. The molecule has 2 fully saturated rings. The van der Waals surface area contributed by atoms with Gasteiger partial charge in [-0.25, -0.2) is 0 Å². The van der Waals surface area contributed by atoms with Crippen molar-refractivity contribution in [2.75, 3.05) is 6.54 Å². The maximum absolute atomic E-state index is 12.4. The van der Waals surface area contributed by atoms with Gasteiger partial charge in [0.1, 0.15) is 0 Å². The fourth-order valence-corrected chi connectivity index (χ4v) is 3.57. The van der Waals surface area contributed by atoms with Crippen LogP contribution < -0.4 is 0 Å². The third-order valence-electron chi connectivity index (χ3n) is 4.88. The standard InChI is InChI=1S/C15H25NO3/c1-12-7-6-10-16(12)13(17)11-15(14(18)19)8-4-2-3-5-9-15/h12H,2-11H2,1H3,(H,18,19). The SMILES string of the molecule is CC1CCCN1C(=O)CC1(C(=O)O)CCCCCC1. The van der Waals surface area contributed by atoms with Crippen LogP contribution in [0.5, 0.6) is 0 Å². The Hall–Kier alpha value is -1.06. The minimum Gasteiger partial charge on any atom is -0.481 e. The molecular weight excluding hydrogens is 242 g/mol. The summed E-state index contributed by atoms with van der Waals surface area (Å²) in [5, 5.41) is 9.60. The van der Waals surface area contributed by atoms with E-state index in [0.717, 1.165) is 45.1 Å². The number of aliphatic carboxylic acids is 1. The van der Waals surface area contributed by atoms with Crippen LogP contribution in [0.4, 0.5) is 0 Å². The third kappa shape index (κ3) is 3.10. The Morgan fingerprint density at radius 2 is 1.79 bits per heavy atom. The van der Waals surface area contributed by atoms with Gasteiger partial charge in [0.05, 0.1) is 5.41 Å². The second kappa shape index (κ2) is 5.93. The maximum atomic E-state index is 12.4. The number of hydrogen-bond acceptors (Lipinski definition) is 2. The third-order valence-corrected chi connectivity index (χ3v) is 4.88. The molecule has 108 valence electrons. The van der Waals surface area contributed by atoms with Gasteiger partial charge in [0.15, 0.2) is 0 Å². The molecule has 1 amide bonds. The average molecular weight is 267 g/mol. The summed E-state index contributed by atoms with van der Waals surface area (Å²) in [6, 6.07) is 0.282. The van der Waals surface area contributed by atoms with Gasteiger partial charge in [-0.05, 0) is 32.6 Å². The first-order valence-corrected chi connectivity index (χ1v) is 7.58. The highest BCUT2D eigenvalue weighted by Crippen LogP contribution is 2.39. The van der Waals surface area contributed by atoms with Crippen molar-refractivity contribution in [1.82, 2.24) is 4.90 Å².